The lowest BCUT2D eigenvalue weighted by molar-refractivity contribution is -0.0720. The molecule has 1 aliphatic heterocycles. The van der Waals surface area contributed by atoms with Crippen LogP contribution in [-0.2, 0) is 11.8 Å². The van der Waals surface area contributed by atoms with Gasteiger partial charge in [-0.1, -0.05) is 6.92 Å². The van der Waals surface area contributed by atoms with E-state index < -0.39 is 0 Å². The van der Waals surface area contributed by atoms with Crippen molar-refractivity contribution in [1.29, 1.82) is 0 Å². The second-order valence-corrected chi connectivity index (χ2v) is 6.93. The van der Waals surface area contributed by atoms with Crippen LogP contribution in [0.1, 0.15) is 53.8 Å². The first kappa shape index (κ1) is 17.2. The topological polar surface area (TPSA) is 85.4 Å². The van der Waals surface area contributed by atoms with Crippen LogP contribution in [0.5, 0.6) is 0 Å². The van der Waals surface area contributed by atoms with Gasteiger partial charge in [-0.25, -0.2) is 9.97 Å². The Bertz CT molecular complexity index is 766. The predicted octanol–water partition coefficient (Wildman–Crippen LogP) is 1.48. The predicted molar refractivity (Wildman–Crippen MR) is 93.7 cm³/mol. The first-order valence-electron chi connectivity index (χ1n) is 9.23. The second kappa shape index (κ2) is 7.20. The minimum atomic E-state index is -0.222. The van der Waals surface area contributed by atoms with Gasteiger partial charge in [0.1, 0.15) is 5.82 Å². The van der Waals surface area contributed by atoms with Gasteiger partial charge in [0, 0.05) is 38.4 Å². The lowest BCUT2D eigenvalue weighted by Crippen LogP contribution is -2.50. The molecule has 140 valence electrons. The van der Waals surface area contributed by atoms with E-state index in [0.29, 0.717) is 24.8 Å². The van der Waals surface area contributed by atoms with Crippen LogP contribution in [0.4, 0.5) is 0 Å². The number of carbonyl (C=O) groups is 1. The van der Waals surface area contributed by atoms with Gasteiger partial charge in [-0.05, 0) is 19.4 Å². The fourth-order valence-corrected chi connectivity index (χ4v) is 3.65. The van der Waals surface area contributed by atoms with Gasteiger partial charge in [-0.2, -0.15) is 0 Å². The number of likely N-dealkylation sites (N-methyl/N-ethyl adjacent to an activating group) is 1. The summed E-state index contributed by atoms with van der Waals surface area (Å²) in [7, 11) is 1.98. The molecule has 2 aromatic rings. The number of hydrogen-bond donors (Lipinski definition) is 1. The SMILES string of the molecule is CCN1CCO[C@@H](CNC(=O)c2ocnc2C2CC2)[C@@H]1c1nccn1C. The van der Waals surface area contributed by atoms with Gasteiger partial charge >= 0.3 is 0 Å². The summed E-state index contributed by atoms with van der Waals surface area (Å²) in [6.07, 6.45) is 7.07. The molecule has 8 nitrogen and oxygen atoms in total. The highest BCUT2D eigenvalue weighted by Crippen LogP contribution is 2.40. The summed E-state index contributed by atoms with van der Waals surface area (Å²) in [6, 6.07) is 0.00618. The minimum Gasteiger partial charge on any atom is -0.438 e. The number of ether oxygens (including phenoxy) is 1. The van der Waals surface area contributed by atoms with Crippen LogP contribution >= 0.6 is 0 Å². The Balaban J connectivity index is 1.47. The monoisotopic (exact) mass is 359 g/mol. The average Bonchev–Trinajstić information content (AvgIpc) is 3.22. The van der Waals surface area contributed by atoms with Gasteiger partial charge in [0.15, 0.2) is 6.39 Å². The first-order valence-corrected chi connectivity index (χ1v) is 9.23. The maximum Gasteiger partial charge on any atom is 0.289 e. The maximum absolute atomic E-state index is 12.6. The van der Waals surface area contributed by atoms with Crippen LogP contribution in [0.2, 0.25) is 0 Å². The summed E-state index contributed by atoms with van der Waals surface area (Å²) in [6.45, 7) is 4.93. The largest absolute Gasteiger partial charge is 0.438 e. The van der Waals surface area contributed by atoms with E-state index in [2.05, 4.69) is 27.1 Å². The highest BCUT2D eigenvalue weighted by molar-refractivity contribution is 5.92. The van der Waals surface area contributed by atoms with Gasteiger partial charge in [-0.3, -0.25) is 9.69 Å². The normalized spacial score (nSPS) is 23.9. The number of rotatable bonds is 6. The Hall–Kier alpha value is -2.19. The quantitative estimate of drug-likeness (QED) is 0.841. The first-order chi connectivity index (χ1) is 12.7. The zero-order valence-electron chi connectivity index (χ0n) is 15.2. The van der Waals surface area contributed by atoms with E-state index in [1.165, 1.54) is 6.39 Å². The molecule has 0 radical (unpaired) electrons. The molecule has 3 heterocycles. The van der Waals surface area contributed by atoms with E-state index >= 15 is 0 Å². The number of morpholine rings is 1. The Morgan fingerprint density at radius 1 is 1.38 bits per heavy atom. The Morgan fingerprint density at radius 2 is 2.23 bits per heavy atom. The van der Waals surface area contributed by atoms with E-state index in [4.69, 9.17) is 9.15 Å². The molecular weight excluding hydrogens is 334 g/mol. The number of aromatic nitrogens is 3. The molecule has 1 aliphatic carbocycles. The summed E-state index contributed by atoms with van der Waals surface area (Å²) in [5.74, 6) is 1.44. The fraction of sp³-hybridized carbons (Fsp3) is 0.611. The summed E-state index contributed by atoms with van der Waals surface area (Å²) >= 11 is 0. The summed E-state index contributed by atoms with van der Waals surface area (Å²) in [4.78, 5) is 23.6. The molecule has 0 bridgehead atoms. The van der Waals surface area contributed by atoms with Gasteiger partial charge in [-0.15, -0.1) is 0 Å². The summed E-state index contributed by atoms with van der Waals surface area (Å²) in [5.41, 5.74) is 0.780. The number of amides is 1. The van der Waals surface area contributed by atoms with Crippen LogP contribution in [-0.4, -0.2) is 57.7 Å². The van der Waals surface area contributed by atoms with Gasteiger partial charge < -0.3 is 19.0 Å². The standard InChI is InChI=1S/C18H25N5O3/c1-3-23-8-9-25-13(15(23)17-19-6-7-22(17)2)10-20-18(24)16-14(12-4-5-12)21-11-26-16/h6-7,11-13,15H,3-5,8-10H2,1-2H3,(H,20,24)/t13-,15+/m0/s1. The molecule has 2 atom stereocenters. The van der Waals surface area contributed by atoms with E-state index in [1.807, 2.05) is 17.8 Å². The second-order valence-electron chi connectivity index (χ2n) is 6.93. The fourth-order valence-electron chi connectivity index (χ4n) is 3.65. The van der Waals surface area contributed by atoms with Crippen molar-refractivity contribution in [2.24, 2.45) is 7.05 Å². The summed E-state index contributed by atoms with van der Waals surface area (Å²) in [5, 5.41) is 2.97. The molecule has 26 heavy (non-hydrogen) atoms. The third-order valence-electron chi connectivity index (χ3n) is 5.21. The minimum absolute atomic E-state index is 0.00618. The number of nitrogens with zero attached hydrogens (tertiary/aromatic N) is 4. The molecule has 8 heteroatoms. The zero-order chi connectivity index (χ0) is 18.1. The molecule has 1 saturated carbocycles. The number of nitrogens with one attached hydrogen (secondary N) is 1. The van der Waals surface area contributed by atoms with Crippen molar-refractivity contribution in [2.75, 3.05) is 26.2 Å². The molecule has 4 rings (SSSR count). The molecule has 2 aromatic heterocycles. The Kier molecular flexibility index (Phi) is 4.78. The van der Waals surface area contributed by atoms with Crippen molar-refractivity contribution in [1.82, 2.24) is 24.8 Å². The van der Waals surface area contributed by atoms with Crippen molar-refractivity contribution in [3.63, 3.8) is 0 Å². The van der Waals surface area contributed by atoms with Crippen molar-refractivity contribution < 1.29 is 13.9 Å². The highest BCUT2D eigenvalue weighted by atomic mass is 16.5. The van der Waals surface area contributed by atoms with Crippen molar-refractivity contribution in [3.8, 4) is 0 Å². The third-order valence-corrected chi connectivity index (χ3v) is 5.21. The number of oxazole rings is 1. The van der Waals surface area contributed by atoms with Crippen LogP contribution in [0.25, 0.3) is 0 Å². The molecule has 1 saturated heterocycles. The average molecular weight is 359 g/mol. The van der Waals surface area contributed by atoms with Crippen molar-refractivity contribution >= 4 is 5.91 Å². The smallest absolute Gasteiger partial charge is 0.289 e. The van der Waals surface area contributed by atoms with Crippen molar-refractivity contribution in [3.05, 3.63) is 36.1 Å². The molecular formula is C18H25N5O3. The van der Waals surface area contributed by atoms with E-state index in [-0.39, 0.29) is 18.1 Å². The molecule has 1 amide bonds. The zero-order valence-corrected chi connectivity index (χ0v) is 15.2. The maximum atomic E-state index is 12.6. The molecule has 0 unspecified atom stereocenters. The van der Waals surface area contributed by atoms with Crippen molar-refractivity contribution in [2.45, 2.75) is 37.8 Å². The lowest BCUT2D eigenvalue weighted by atomic mass is 10.1. The molecule has 0 aromatic carbocycles. The van der Waals surface area contributed by atoms with Gasteiger partial charge in [0.25, 0.3) is 5.91 Å². The molecule has 2 fully saturated rings. The number of aryl methyl sites for hydroxylation is 1. The van der Waals surface area contributed by atoms with Gasteiger partial charge in [0.2, 0.25) is 5.76 Å². The number of imidazole rings is 1. The van der Waals surface area contributed by atoms with Crippen LogP contribution in [0.15, 0.2) is 23.2 Å². The van der Waals surface area contributed by atoms with Crippen LogP contribution in [0.3, 0.4) is 0 Å². The Labute approximate surface area is 152 Å². The lowest BCUT2D eigenvalue weighted by Gasteiger charge is -2.40. The van der Waals surface area contributed by atoms with Gasteiger partial charge in [0.05, 0.1) is 24.4 Å². The van der Waals surface area contributed by atoms with E-state index in [9.17, 15) is 4.79 Å². The molecule has 2 aliphatic rings. The van der Waals surface area contributed by atoms with Crippen LogP contribution < -0.4 is 5.32 Å². The number of carbonyl (C=O) groups excluding carboxylic acids is 1. The Morgan fingerprint density at radius 3 is 2.92 bits per heavy atom. The number of hydrogen-bond acceptors (Lipinski definition) is 6. The third kappa shape index (κ3) is 3.26. The summed E-state index contributed by atoms with van der Waals surface area (Å²) < 4.78 is 13.4. The molecule has 1 N–H and O–H groups in total. The van der Waals surface area contributed by atoms with E-state index in [0.717, 1.165) is 37.4 Å². The van der Waals surface area contributed by atoms with Crippen LogP contribution in [0, 0.1) is 0 Å². The highest BCUT2D eigenvalue weighted by Gasteiger charge is 2.36. The molecule has 0 spiro atoms. The van der Waals surface area contributed by atoms with E-state index in [1.54, 1.807) is 6.20 Å².